The summed E-state index contributed by atoms with van der Waals surface area (Å²) < 4.78 is 4.84. The summed E-state index contributed by atoms with van der Waals surface area (Å²) in [7, 11) is 1.50. The Balaban J connectivity index is 2.09. The first kappa shape index (κ1) is 15.5. The lowest BCUT2D eigenvalue weighted by atomic mass is 9.98. The van der Waals surface area contributed by atoms with Gasteiger partial charge in [0.05, 0.1) is 13.0 Å². The number of carbonyl (C=O) groups excluding carboxylic acids is 1. The monoisotopic (exact) mass is 255 g/mol. The molecule has 0 aliphatic carbocycles. The first-order chi connectivity index (χ1) is 8.77. The quantitative estimate of drug-likeness (QED) is 0.492. The predicted molar refractivity (Wildman–Crippen MR) is 74.6 cm³/mol. The molecule has 106 valence electrons. The van der Waals surface area contributed by atoms with Crippen molar-refractivity contribution in [1.29, 1.82) is 0 Å². The van der Waals surface area contributed by atoms with Crippen LogP contribution in [0.25, 0.3) is 0 Å². The number of piperidine rings is 1. The third-order valence-corrected chi connectivity index (χ3v) is 3.87. The Bertz CT molecular complexity index is 231. The molecule has 1 saturated heterocycles. The van der Waals surface area contributed by atoms with E-state index in [9.17, 15) is 4.79 Å². The molecular formula is C15H29NO2. The number of likely N-dealkylation sites (tertiary alicyclic amines) is 1. The molecule has 0 spiro atoms. The number of esters is 1. The van der Waals surface area contributed by atoms with Gasteiger partial charge in [-0.2, -0.15) is 0 Å². The van der Waals surface area contributed by atoms with Gasteiger partial charge in [0.1, 0.15) is 0 Å². The molecule has 3 heteroatoms. The van der Waals surface area contributed by atoms with E-state index in [2.05, 4.69) is 11.8 Å². The molecule has 3 nitrogen and oxygen atoms in total. The second-order valence-electron chi connectivity index (χ2n) is 5.43. The van der Waals surface area contributed by atoms with Crippen molar-refractivity contribution >= 4 is 5.97 Å². The van der Waals surface area contributed by atoms with Crippen molar-refractivity contribution in [2.45, 2.75) is 58.3 Å². The minimum Gasteiger partial charge on any atom is -0.469 e. The van der Waals surface area contributed by atoms with Crippen LogP contribution >= 0.6 is 0 Å². The molecule has 1 unspecified atom stereocenters. The maximum Gasteiger partial charge on any atom is 0.309 e. The number of hydrogen-bond donors (Lipinski definition) is 0. The summed E-state index contributed by atoms with van der Waals surface area (Å²) in [6.45, 7) is 5.46. The molecule has 18 heavy (non-hydrogen) atoms. The smallest absolute Gasteiger partial charge is 0.309 e. The van der Waals surface area contributed by atoms with E-state index in [1.807, 2.05) is 0 Å². The first-order valence-corrected chi connectivity index (χ1v) is 7.58. The van der Waals surface area contributed by atoms with Crippen LogP contribution < -0.4 is 0 Å². The Kier molecular flexibility index (Phi) is 8.06. The van der Waals surface area contributed by atoms with Gasteiger partial charge < -0.3 is 9.64 Å². The number of unbranched alkanes of at least 4 members (excludes halogenated alkanes) is 5. The topological polar surface area (TPSA) is 29.5 Å². The van der Waals surface area contributed by atoms with E-state index in [-0.39, 0.29) is 11.9 Å². The van der Waals surface area contributed by atoms with E-state index in [4.69, 9.17) is 4.74 Å². The highest BCUT2D eigenvalue weighted by atomic mass is 16.5. The number of nitrogens with zero attached hydrogens (tertiary/aromatic N) is 1. The lowest BCUT2D eigenvalue weighted by molar-refractivity contribution is -0.147. The second-order valence-corrected chi connectivity index (χ2v) is 5.43. The van der Waals surface area contributed by atoms with Crippen LogP contribution in [-0.4, -0.2) is 37.6 Å². The van der Waals surface area contributed by atoms with Gasteiger partial charge in [0.25, 0.3) is 0 Å². The van der Waals surface area contributed by atoms with Crippen molar-refractivity contribution in [3.63, 3.8) is 0 Å². The van der Waals surface area contributed by atoms with Crippen molar-refractivity contribution in [1.82, 2.24) is 4.90 Å². The molecular weight excluding hydrogens is 226 g/mol. The van der Waals surface area contributed by atoms with Crippen LogP contribution in [0.1, 0.15) is 58.3 Å². The van der Waals surface area contributed by atoms with Crippen LogP contribution in [0.4, 0.5) is 0 Å². The Morgan fingerprint density at radius 3 is 2.67 bits per heavy atom. The summed E-state index contributed by atoms with van der Waals surface area (Å²) in [6.07, 6.45) is 10.2. The van der Waals surface area contributed by atoms with Gasteiger partial charge in [0.15, 0.2) is 0 Å². The van der Waals surface area contributed by atoms with Gasteiger partial charge in [-0.1, -0.05) is 39.0 Å². The van der Waals surface area contributed by atoms with Crippen LogP contribution in [0.15, 0.2) is 0 Å². The zero-order valence-corrected chi connectivity index (χ0v) is 12.1. The lowest BCUT2D eigenvalue weighted by Crippen LogP contribution is -2.39. The largest absolute Gasteiger partial charge is 0.469 e. The summed E-state index contributed by atoms with van der Waals surface area (Å²) in [5, 5.41) is 0. The average molecular weight is 255 g/mol. The Morgan fingerprint density at radius 1 is 1.22 bits per heavy atom. The third kappa shape index (κ3) is 5.85. The Labute approximate surface area is 112 Å². The highest BCUT2D eigenvalue weighted by Crippen LogP contribution is 2.18. The Morgan fingerprint density at radius 2 is 1.94 bits per heavy atom. The minimum atomic E-state index is -0.0253. The van der Waals surface area contributed by atoms with Crippen molar-refractivity contribution in [2.75, 3.05) is 26.7 Å². The number of ether oxygens (including phenoxy) is 1. The molecule has 0 bridgehead atoms. The molecule has 1 aliphatic rings. The van der Waals surface area contributed by atoms with E-state index < -0.39 is 0 Å². The molecule has 0 aromatic heterocycles. The molecule has 0 radical (unpaired) electrons. The summed E-state index contributed by atoms with van der Waals surface area (Å²) in [5.74, 6) is 0.0893. The molecule has 0 saturated carbocycles. The summed E-state index contributed by atoms with van der Waals surface area (Å²) in [5.41, 5.74) is 0. The van der Waals surface area contributed by atoms with E-state index >= 15 is 0 Å². The standard InChI is InChI=1S/C15H29NO2/c1-3-4-5-6-7-8-11-16-12-9-10-14(13-16)15(17)18-2/h14H,3-13H2,1-2H3. The molecule has 1 fully saturated rings. The van der Waals surface area contributed by atoms with Crippen LogP contribution in [-0.2, 0) is 9.53 Å². The average Bonchev–Trinajstić information content (AvgIpc) is 2.42. The zero-order chi connectivity index (χ0) is 13.2. The zero-order valence-electron chi connectivity index (χ0n) is 12.1. The van der Waals surface area contributed by atoms with Gasteiger partial charge >= 0.3 is 5.97 Å². The number of carbonyl (C=O) groups is 1. The van der Waals surface area contributed by atoms with Gasteiger partial charge in [0, 0.05) is 6.54 Å². The van der Waals surface area contributed by atoms with Crippen molar-refractivity contribution < 1.29 is 9.53 Å². The van der Waals surface area contributed by atoms with Crippen LogP contribution in [0.3, 0.4) is 0 Å². The van der Waals surface area contributed by atoms with Crippen LogP contribution in [0.5, 0.6) is 0 Å². The first-order valence-electron chi connectivity index (χ1n) is 7.58. The van der Waals surface area contributed by atoms with E-state index in [1.165, 1.54) is 45.6 Å². The lowest BCUT2D eigenvalue weighted by Gasteiger charge is -2.31. The number of hydrogen-bond acceptors (Lipinski definition) is 3. The van der Waals surface area contributed by atoms with Gasteiger partial charge in [0.2, 0.25) is 0 Å². The highest BCUT2D eigenvalue weighted by Gasteiger charge is 2.25. The SMILES string of the molecule is CCCCCCCCN1CCCC(C(=O)OC)C1. The van der Waals surface area contributed by atoms with Gasteiger partial charge in [-0.15, -0.1) is 0 Å². The highest BCUT2D eigenvalue weighted by molar-refractivity contribution is 5.72. The van der Waals surface area contributed by atoms with Crippen molar-refractivity contribution in [3.8, 4) is 0 Å². The summed E-state index contributed by atoms with van der Waals surface area (Å²) >= 11 is 0. The summed E-state index contributed by atoms with van der Waals surface area (Å²) in [4.78, 5) is 13.9. The van der Waals surface area contributed by atoms with E-state index in [1.54, 1.807) is 0 Å². The van der Waals surface area contributed by atoms with Crippen molar-refractivity contribution in [2.24, 2.45) is 5.92 Å². The number of rotatable bonds is 8. The Hall–Kier alpha value is -0.570. The molecule has 0 N–H and O–H groups in total. The van der Waals surface area contributed by atoms with Crippen LogP contribution in [0.2, 0.25) is 0 Å². The molecule has 0 aromatic carbocycles. The fourth-order valence-electron chi connectivity index (χ4n) is 2.73. The van der Waals surface area contributed by atoms with E-state index in [0.717, 1.165) is 32.5 Å². The fraction of sp³-hybridized carbons (Fsp3) is 0.933. The molecule has 0 amide bonds. The maximum atomic E-state index is 11.5. The normalized spacial score (nSPS) is 20.9. The van der Waals surface area contributed by atoms with Crippen LogP contribution in [0, 0.1) is 5.92 Å². The molecule has 1 aliphatic heterocycles. The summed E-state index contributed by atoms with van der Waals surface area (Å²) in [6, 6.07) is 0. The van der Waals surface area contributed by atoms with Gasteiger partial charge in [-0.25, -0.2) is 0 Å². The van der Waals surface area contributed by atoms with Crippen molar-refractivity contribution in [3.05, 3.63) is 0 Å². The van der Waals surface area contributed by atoms with Gasteiger partial charge in [-0.3, -0.25) is 4.79 Å². The molecule has 1 heterocycles. The molecule has 1 atom stereocenters. The molecule has 0 aromatic rings. The molecule has 1 rings (SSSR count). The maximum absolute atomic E-state index is 11.5. The van der Waals surface area contributed by atoms with E-state index in [0.29, 0.717) is 0 Å². The third-order valence-electron chi connectivity index (χ3n) is 3.87. The number of methoxy groups -OCH3 is 1. The second kappa shape index (κ2) is 9.37. The predicted octanol–water partition coefficient (Wildman–Crippen LogP) is 3.23. The minimum absolute atomic E-state index is 0.0253. The fourth-order valence-corrected chi connectivity index (χ4v) is 2.73. The van der Waals surface area contributed by atoms with Gasteiger partial charge in [-0.05, 0) is 32.4 Å².